The van der Waals surface area contributed by atoms with Gasteiger partial charge in [0.1, 0.15) is 5.82 Å². The fraction of sp³-hybridized carbons (Fsp3) is 0.211. The average molecular weight is 412 g/mol. The molecule has 1 saturated heterocycles. The first-order chi connectivity index (χ1) is 14.0. The van der Waals surface area contributed by atoms with Gasteiger partial charge in [-0.1, -0.05) is 23.9 Å². The highest BCUT2D eigenvalue weighted by atomic mass is 32.2. The van der Waals surface area contributed by atoms with Gasteiger partial charge < -0.3 is 5.32 Å². The number of fused-ring (bicyclic) bond motifs is 1. The van der Waals surface area contributed by atoms with E-state index in [0.29, 0.717) is 40.9 Å². The number of hydrogen-bond donors (Lipinski definition) is 2. The zero-order valence-corrected chi connectivity index (χ0v) is 16.3. The summed E-state index contributed by atoms with van der Waals surface area (Å²) in [5, 5.41) is 10.3. The maximum Gasteiger partial charge on any atom is 0.254 e. The van der Waals surface area contributed by atoms with E-state index in [1.807, 2.05) is 12.3 Å². The van der Waals surface area contributed by atoms with Gasteiger partial charge in [-0.2, -0.15) is 14.6 Å². The van der Waals surface area contributed by atoms with Crippen LogP contribution in [0.5, 0.6) is 0 Å². The van der Waals surface area contributed by atoms with Crippen molar-refractivity contribution in [3.8, 4) is 0 Å². The molecule has 4 rings (SSSR count). The Kier molecular flexibility index (Phi) is 5.26. The molecule has 2 amide bonds. The summed E-state index contributed by atoms with van der Waals surface area (Å²) in [6.45, 7) is 0.524. The second-order valence-electron chi connectivity index (χ2n) is 6.40. The van der Waals surface area contributed by atoms with Gasteiger partial charge in [-0.05, 0) is 36.4 Å². The van der Waals surface area contributed by atoms with E-state index < -0.39 is 5.91 Å². The molecule has 3 heterocycles. The summed E-state index contributed by atoms with van der Waals surface area (Å²) in [6.07, 6.45) is 5.71. The fourth-order valence-corrected chi connectivity index (χ4v) is 3.36. The lowest BCUT2D eigenvalue weighted by Crippen LogP contribution is -2.19. The highest BCUT2D eigenvalue weighted by Crippen LogP contribution is 2.21. The average Bonchev–Trinajstić information content (AvgIpc) is 3.24. The highest BCUT2D eigenvalue weighted by molar-refractivity contribution is 7.98. The van der Waals surface area contributed by atoms with Crippen molar-refractivity contribution < 1.29 is 14.0 Å². The number of carbonyl (C=O) groups excluding carboxylic acids is 2. The van der Waals surface area contributed by atoms with E-state index in [1.165, 1.54) is 23.9 Å². The Balaban J connectivity index is 1.61. The summed E-state index contributed by atoms with van der Waals surface area (Å²) in [5.41, 5.74) is 2.39. The molecule has 0 unspecified atom stereocenters. The van der Waals surface area contributed by atoms with Crippen LogP contribution in [0.1, 0.15) is 17.5 Å². The van der Waals surface area contributed by atoms with Crippen LogP contribution in [0.4, 0.5) is 10.3 Å². The first kappa shape index (κ1) is 19.1. The van der Waals surface area contributed by atoms with E-state index in [-0.39, 0.29) is 18.1 Å². The van der Waals surface area contributed by atoms with Gasteiger partial charge in [-0.25, -0.2) is 9.37 Å². The smallest absolute Gasteiger partial charge is 0.254 e. The van der Waals surface area contributed by atoms with Crippen molar-refractivity contribution >= 4 is 41.2 Å². The number of anilines is 1. The molecule has 0 aliphatic carbocycles. The lowest BCUT2D eigenvalue weighted by Gasteiger charge is -2.09. The van der Waals surface area contributed by atoms with Crippen LogP contribution >= 0.6 is 11.8 Å². The van der Waals surface area contributed by atoms with Gasteiger partial charge in [0.05, 0.1) is 12.6 Å². The number of nitrogens with zero attached hydrogens (tertiary/aromatic N) is 4. The molecule has 0 bridgehead atoms. The van der Waals surface area contributed by atoms with Crippen LogP contribution in [0.3, 0.4) is 0 Å². The van der Waals surface area contributed by atoms with E-state index >= 15 is 0 Å². The van der Waals surface area contributed by atoms with E-state index in [0.717, 1.165) is 5.56 Å². The van der Waals surface area contributed by atoms with Crippen LogP contribution in [0.25, 0.3) is 11.7 Å². The minimum atomic E-state index is -0.401. The molecule has 8 nitrogen and oxygen atoms in total. The number of hydrogen-bond acceptors (Lipinski definition) is 7. The Bertz CT molecular complexity index is 1140. The maximum atomic E-state index is 13.3. The third kappa shape index (κ3) is 4.11. The van der Waals surface area contributed by atoms with Crippen molar-refractivity contribution in [2.75, 3.05) is 18.1 Å². The zero-order valence-electron chi connectivity index (χ0n) is 15.5. The first-order valence-corrected chi connectivity index (χ1v) is 10.1. The molecule has 1 aliphatic rings. The van der Waals surface area contributed by atoms with E-state index in [9.17, 15) is 14.0 Å². The Labute approximate surface area is 169 Å². The Morgan fingerprint density at radius 2 is 2.21 bits per heavy atom. The van der Waals surface area contributed by atoms with Crippen molar-refractivity contribution in [2.45, 2.75) is 18.0 Å². The van der Waals surface area contributed by atoms with Crippen LogP contribution in [0.2, 0.25) is 0 Å². The standard InChI is InChI=1S/C19H17FN6O2S/c1-29-19-24-16-13(8-12-9-15(27)23-17(12)28)10-22-26(16)18(25-19)21-6-5-11-3-2-4-14(20)7-11/h2-4,7-8,10H,5-6,9H2,1H3,(H,21,24,25)(H,23,27,28)/b12-8+. The number of benzene rings is 1. The maximum absolute atomic E-state index is 13.3. The van der Waals surface area contributed by atoms with Gasteiger partial charge >= 0.3 is 0 Å². The van der Waals surface area contributed by atoms with Crippen LogP contribution in [-0.4, -0.2) is 44.2 Å². The molecule has 1 fully saturated rings. The molecular weight excluding hydrogens is 395 g/mol. The highest BCUT2D eigenvalue weighted by Gasteiger charge is 2.24. The SMILES string of the molecule is CSc1nc(NCCc2cccc(F)c2)n2ncc(/C=C3\CC(=O)NC3=O)c2n1. The van der Waals surface area contributed by atoms with Crippen molar-refractivity contribution in [3.63, 3.8) is 0 Å². The van der Waals surface area contributed by atoms with Crippen LogP contribution in [-0.2, 0) is 16.0 Å². The van der Waals surface area contributed by atoms with Crippen LogP contribution < -0.4 is 10.6 Å². The van der Waals surface area contributed by atoms with Gasteiger partial charge in [-0.15, -0.1) is 0 Å². The largest absolute Gasteiger partial charge is 0.354 e. The third-order valence-electron chi connectivity index (χ3n) is 4.37. The predicted octanol–water partition coefficient (Wildman–Crippen LogP) is 2.07. The van der Waals surface area contributed by atoms with Crippen LogP contribution in [0.15, 0.2) is 41.2 Å². The number of carbonyl (C=O) groups is 2. The number of aromatic nitrogens is 4. The number of nitrogens with one attached hydrogen (secondary N) is 2. The summed E-state index contributed by atoms with van der Waals surface area (Å²) >= 11 is 1.38. The Hall–Kier alpha value is -3.27. The number of halogens is 1. The van der Waals surface area contributed by atoms with Crippen LogP contribution in [0, 0.1) is 5.82 Å². The number of amides is 2. The van der Waals surface area contributed by atoms with Gasteiger partial charge in [0.15, 0.2) is 10.8 Å². The van der Waals surface area contributed by atoms with Gasteiger partial charge in [-0.3, -0.25) is 14.9 Å². The molecule has 3 aromatic rings. The van der Waals surface area contributed by atoms with Gasteiger partial charge in [0.2, 0.25) is 11.9 Å². The minimum absolute atomic E-state index is 0.0371. The Morgan fingerprint density at radius 1 is 1.34 bits per heavy atom. The summed E-state index contributed by atoms with van der Waals surface area (Å²) in [6, 6.07) is 6.45. The zero-order chi connectivity index (χ0) is 20.4. The first-order valence-electron chi connectivity index (χ1n) is 8.86. The summed E-state index contributed by atoms with van der Waals surface area (Å²) in [5.74, 6) is -0.498. The number of imide groups is 1. The van der Waals surface area contributed by atoms with Crippen molar-refractivity contribution in [3.05, 3.63) is 53.0 Å². The van der Waals surface area contributed by atoms with Gasteiger partial charge in [0.25, 0.3) is 5.91 Å². The summed E-state index contributed by atoms with van der Waals surface area (Å²) < 4.78 is 14.9. The molecule has 1 aliphatic heterocycles. The fourth-order valence-electron chi connectivity index (χ4n) is 3.00. The molecule has 0 atom stereocenters. The molecule has 0 radical (unpaired) electrons. The van der Waals surface area contributed by atoms with E-state index in [2.05, 4.69) is 25.7 Å². The van der Waals surface area contributed by atoms with Crippen molar-refractivity contribution in [1.29, 1.82) is 0 Å². The second-order valence-corrected chi connectivity index (χ2v) is 7.17. The van der Waals surface area contributed by atoms with E-state index in [4.69, 9.17) is 0 Å². The van der Waals surface area contributed by atoms with E-state index in [1.54, 1.807) is 22.9 Å². The molecule has 0 spiro atoms. The molecule has 29 heavy (non-hydrogen) atoms. The third-order valence-corrected chi connectivity index (χ3v) is 4.92. The molecular formula is C19H17FN6O2S. The number of thioether (sulfide) groups is 1. The molecule has 2 N–H and O–H groups in total. The monoisotopic (exact) mass is 412 g/mol. The summed E-state index contributed by atoms with van der Waals surface area (Å²) in [4.78, 5) is 32.2. The lowest BCUT2D eigenvalue weighted by atomic mass is 10.1. The lowest BCUT2D eigenvalue weighted by molar-refractivity contribution is -0.124. The molecule has 10 heteroatoms. The van der Waals surface area contributed by atoms with Gasteiger partial charge in [0, 0.05) is 17.7 Å². The predicted molar refractivity (Wildman–Crippen MR) is 107 cm³/mol. The van der Waals surface area contributed by atoms with Crippen molar-refractivity contribution in [1.82, 2.24) is 24.9 Å². The number of rotatable bonds is 6. The Morgan fingerprint density at radius 3 is 2.93 bits per heavy atom. The molecule has 0 saturated carbocycles. The minimum Gasteiger partial charge on any atom is -0.354 e. The molecule has 2 aromatic heterocycles. The quantitative estimate of drug-likeness (QED) is 0.363. The molecule has 1 aromatic carbocycles. The summed E-state index contributed by atoms with van der Waals surface area (Å²) in [7, 11) is 0. The van der Waals surface area contributed by atoms with Crippen molar-refractivity contribution in [2.24, 2.45) is 0 Å². The molecule has 148 valence electrons. The normalized spacial score (nSPS) is 15.3. The second kappa shape index (κ2) is 8.00. The topological polar surface area (TPSA) is 101 Å².